The van der Waals surface area contributed by atoms with Gasteiger partial charge in [0.05, 0.1) is 11.6 Å². The minimum atomic E-state index is 0.716. The first-order valence-electron chi connectivity index (χ1n) is 4.92. The van der Waals surface area contributed by atoms with Crippen molar-refractivity contribution in [2.45, 2.75) is 9.92 Å². The van der Waals surface area contributed by atoms with Gasteiger partial charge in [-0.3, -0.25) is 0 Å². The largest absolute Gasteiger partial charge is 0.497 e. The third kappa shape index (κ3) is 2.92. The number of hydrogen-bond donors (Lipinski definition) is 1. The van der Waals surface area contributed by atoms with Crippen LogP contribution in [0.2, 0.25) is 0 Å². The van der Waals surface area contributed by atoms with Crippen molar-refractivity contribution in [3.63, 3.8) is 0 Å². The van der Waals surface area contributed by atoms with Crippen LogP contribution in [0.25, 0.3) is 0 Å². The van der Waals surface area contributed by atoms with E-state index in [1.807, 2.05) is 30.3 Å². The molecule has 2 rings (SSSR count). The molecule has 0 amide bonds. The molecule has 0 bridgehead atoms. The fraction of sp³-hybridized carbons (Fsp3) is 0.0833. The smallest absolute Gasteiger partial charge is 0.120 e. The van der Waals surface area contributed by atoms with Crippen LogP contribution in [-0.2, 0) is 0 Å². The van der Waals surface area contributed by atoms with Gasteiger partial charge < -0.3 is 10.5 Å². The number of rotatable bonds is 3. The van der Waals surface area contributed by atoms with Crippen LogP contribution in [-0.4, -0.2) is 12.1 Å². The first-order chi connectivity index (χ1) is 8.20. The predicted octanol–water partition coefficient (Wildman–Crippen LogP) is 3.59. The van der Waals surface area contributed by atoms with E-state index in [9.17, 15) is 0 Å². The molecular weight excluding hydrogens is 300 g/mol. The minimum Gasteiger partial charge on any atom is -0.497 e. The van der Waals surface area contributed by atoms with Crippen LogP contribution in [0.1, 0.15) is 0 Å². The molecule has 1 aromatic heterocycles. The molecule has 0 atom stereocenters. The summed E-state index contributed by atoms with van der Waals surface area (Å²) >= 11 is 4.97. The monoisotopic (exact) mass is 310 g/mol. The number of methoxy groups -OCH3 is 1. The van der Waals surface area contributed by atoms with E-state index in [-0.39, 0.29) is 0 Å². The molecule has 0 aliphatic carbocycles. The maximum Gasteiger partial charge on any atom is 0.120 e. The first kappa shape index (κ1) is 12.3. The van der Waals surface area contributed by atoms with Crippen LogP contribution >= 0.6 is 27.7 Å². The van der Waals surface area contributed by atoms with Crippen LogP contribution in [0, 0.1) is 0 Å². The van der Waals surface area contributed by atoms with E-state index in [2.05, 4.69) is 20.9 Å². The Kier molecular flexibility index (Phi) is 3.91. The predicted molar refractivity (Wildman–Crippen MR) is 73.5 cm³/mol. The molecular formula is C12H11BrN2OS. The number of pyridine rings is 1. The van der Waals surface area contributed by atoms with E-state index in [1.54, 1.807) is 13.3 Å². The number of nitrogens with zero attached hydrogens (tertiary/aromatic N) is 1. The lowest BCUT2D eigenvalue weighted by molar-refractivity contribution is 0.414. The second-order valence-electron chi connectivity index (χ2n) is 3.30. The van der Waals surface area contributed by atoms with Crippen LogP contribution in [0.4, 0.5) is 5.69 Å². The number of benzene rings is 1. The number of anilines is 1. The molecule has 0 aliphatic heterocycles. The van der Waals surface area contributed by atoms with Gasteiger partial charge in [0, 0.05) is 16.8 Å². The van der Waals surface area contributed by atoms with Gasteiger partial charge in [-0.25, -0.2) is 4.98 Å². The van der Waals surface area contributed by atoms with Crippen molar-refractivity contribution in [2.75, 3.05) is 12.8 Å². The van der Waals surface area contributed by atoms with E-state index in [0.29, 0.717) is 5.69 Å². The number of halogens is 1. The molecule has 2 N–H and O–H groups in total. The molecule has 0 radical (unpaired) electrons. The van der Waals surface area contributed by atoms with Crippen molar-refractivity contribution in [3.8, 4) is 5.75 Å². The van der Waals surface area contributed by atoms with E-state index in [4.69, 9.17) is 10.5 Å². The molecule has 1 aromatic carbocycles. The first-order valence-corrected chi connectivity index (χ1v) is 6.53. The number of aromatic nitrogens is 1. The van der Waals surface area contributed by atoms with Crippen LogP contribution in [0.3, 0.4) is 0 Å². The average Bonchev–Trinajstić information content (AvgIpc) is 2.35. The summed E-state index contributed by atoms with van der Waals surface area (Å²) in [5.74, 6) is 0.786. The Labute approximate surface area is 113 Å². The average molecular weight is 311 g/mol. The molecule has 2 aromatic rings. The minimum absolute atomic E-state index is 0.716. The maximum absolute atomic E-state index is 5.92. The van der Waals surface area contributed by atoms with Crippen molar-refractivity contribution in [1.82, 2.24) is 4.98 Å². The molecule has 1 heterocycles. The molecule has 0 aliphatic rings. The summed E-state index contributed by atoms with van der Waals surface area (Å²) in [7, 11) is 1.64. The fourth-order valence-corrected chi connectivity index (χ4v) is 2.63. The lowest BCUT2D eigenvalue weighted by atomic mass is 10.3. The van der Waals surface area contributed by atoms with Gasteiger partial charge in [0.25, 0.3) is 0 Å². The molecule has 0 spiro atoms. The molecule has 3 nitrogen and oxygen atoms in total. The van der Waals surface area contributed by atoms with Gasteiger partial charge in [0.15, 0.2) is 0 Å². The third-order valence-corrected chi connectivity index (χ3v) is 4.15. The molecule has 0 unspecified atom stereocenters. The topological polar surface area (TPSA) is 48.1 Å². The Balaban J connectivity index is 2.32. The Morgan fingerprint density at radius 1 is 1.35 bits per heavy atom. The highest BCUT2D eigenvalue weighted by atomic mass is 79.9. The van der Waals surface area contributed by atoms with Crippen LogP contribution in [0.5, 0.6) is 5.75 Å². The molecule has 5 heteroatoms. The third-order valence-electron chi connectivity index (χ3n) is 2.15. The van der Waals surface area contributed by atoms with Crippen LogP contribution in [0.15, 0.2) is 50.9 Å². The zero-order chi connectivity index (χ0) is 12.3. The number of nitrogen functional groups attached to an aromatic ring is 1. The zero-order valence-electron chi connectivity index (χ0n) is 9.18. The highest BCUT2D eigenvalue weighted by molar-refractivity contribution is 9.10. The van der Waals surface area contributed by atoms with E-state index >= 15 is 0 Å². The highest BCUT2D eigenvalue weighted by Crippen LogP contribution is 2.36. The van der Waals surface area contributed by atoms with Crippen molar-refractivity contribution in [3.05, 3.63) is 41.0 Å². The highest BCUT2D eigenvalue weighted by Gasteiger charge is 2.07. The molecule has 0 fully saturated rings. The van der Waals surface area contributed by atoms with E-state index in [1.165, 1.54) is 11.8 Å². The second-order valence-corrected chi connectivity index (χ2v) is 5.18. The van der Waals surface area contributed by atoms with Gasteiger partial charge in [-0.1, -0.05) is 11.8 Å². The van der Waals surface area contributed by atoms with Gasteiger partial charge in [-0.15, -0.1) is 0 Å². The Morgan fingerprint density at radius 3 is 2.88 bits per heavy atom. The molecule has 17 heavy (non-hydrogen) atoms. The van der Waals surface area contributed by atoms with Gasteiger partial charge in [-0.05, 0) is 46.3 Å². The molecule has 0 saturated heterocycles. The summed E-state index contributed by atoms with van der Waals surface area (Å²) < 4.78 is 6.13. The van der Waals surface area contributed by atoms with Crippen molar-refractivity contribution in [1.29, 1.82) is 0 Å². The summed E-state index contributed by atoms with van der Waals surface area (Å²) in [6.45, 7) is 0. The Morgan fingerprint density at radius 2 is 2.18 bits per heavy atom. The van der Waals surface area contributed by atoms with Crippen molar-refractivity contribution in [2.24, 2.45) is 0 Å². The quantitative estimate of drug-likeness (QED) is 0.880. The van der Waals surface area contributed by atoms with E-state index < -0.39 is 0 Å². The molecule has 88 valence electrons. The Hall–Kier alpha value is -1.20. The lowest BCUT2D eigenvalue weighted by Crippen LogP contribution is -1.91. The Bertz CT molecular complexity index is 534. The standard InChI is InChI=1S/C12H11BrN2OS/c1-16-8-4-5-10(14)11(7-8)17-12-9(13)3-2-6-15-12/h2-7H,14H2,1H3. The summed E-state index contributed by atoms with van der Waals surface area (Å²) in [4.78, 5) is 5.22. The SMILES string of the molecule is COc1ccc(N)c(Sc2ncccc2Br)c1. The van der Waals surface area contributed by atoms with Gasteiger partial charge >= 0.3 is 0 Å². The van der Waals surface area contributed by atoms with Gasteiger partial charge in [-0.2, -0.15) is 0 Å². The van der Waals surface area contributed by atoms with Crippen molar-refractivity contribution < 1.29 is 4.74 Å². The normalized spacial score (nSPS) is 10.2. The fourth-order valence-electron chi connectivity index (χ4n) is 1.28. The summed E-state index contributed by atoms with van der Waals surface area (Å²) in [6, 6.07) is 9.40. The van der Waals surface area contributed by atoms with Crippen LogP contribution < -0.4 is 10.5 Å². The summed E-state index contributed by atoms with van der Waals surface area (Å²) in [5, 5.41) is 0.882. The summed E-state index contributed by atoms with van der Waals surface area (Å²) in [6.07, 6.45) is 1.75. The van der Waals surface area contributed by atoms with Gasteiger partial charge in [0.1, 0.15) is 10.8 Å². The maximum atomic E-state index is 5.92. The zero-order valence-corrected chi connectivity index (χ0v) is 11.6. The molecule has 0 saturated carbocycles. The van der Waals surface area contributed by atoms with Crippen molar-refractivity contribution >= 4 is 33.4 Å². The number of hydrogen-bond acceptors (Lipinski definition) is 4. The second kappa shape index (κ2) is 5.42. The summed E-state index contributed by atoms with van der Waals surface area (Å²) in [5.41, 5.74) is 6.64. The van der Waals surface area contributed by atoms with E-state index in [0.717, 1.165) is 20.1 Å². The number of ether oxygens (including phenoxy) is 1. The van der Waals surface area contributed by atoms with Gasteiger partial charge in [0.2, 0.25) is 0 Å². The number of nitrogens with two attached hydrogens (primary N) is 1. The lowest BCUT2D eigenvalue weighted by Gasteiger charge is -2.08.